The van der Waals surface area contributed by atoms with Gasteiger partial charge < -0.3 is 19.1 Å². The maximum atomic E-state index is 12.2. The van der Waals surface area contributed by atoms with E-state index in [1.807, 2.05) is 24.3 Å². The first kappa shape index (κ1) is 16.3. The fraction of sp³-hybridized carbons (Fsp3) is 0.438. The van der Waals surface area contributed by atoms with Crippen molar-refractivity contribution in [3.05, 3.63) is 36.2 Å². The molecule has 24 heavy (non-hydrogen) atoms. The number of hydrogen-bond acceptors (Lipinski definition) is 6. The maximum absolute atomic E-state index is 12.2. The molecule has 1 aliphatic heterocycles. The van der Waals surface area contributed by atoms with Crippen molar-refractivity contribution in [1.29, 1.82) is 0 Å². The van der Waals surface area contributed by atoms with Crippen LogP contribution in [0.2, 0.25) is 0 Å². The third-order valence-electron chi connectivity index (χ3n) is 3.69. The summed E-state index contributed by atoms with van der Waals surface area (Å²) in [7, 11) is 1.59. The van der Waals surface area contributed by atoms with Gasteiger partial charge in [-0.2, -0.15) is 0 Å². The van der Waals surface area contributed by atoms with Gasteiger partial charge >= 0.3 is 0 Å². The SMILES string of the molecule is COc1ccccc1OCc1cn(CC(=O)N2CCOCC2)nn1. The van der Waals surface area contributed by atoms with Crippen LogP contribution in [0.5, 0.6) is 11.5 Å². The lowest BCUT2D eigenvalue weighted by Crippen LogP contribution is -2.42. The van der Waals surface area contributed by atoms with Gasteiger partial charge in [0.15, 0.2) is 11.5 Å². The zero-order chi connectivity index (χ0) is 16.8. The van der Waals surface area contributed by atoms with Crippen molar-refractivity contribution in [3.8, 4) is 11.5 Å². The molecule has 1 amide bonds. The molecule has 1 fully saturated rings. The van der Waals surface area contributed by atoms with E-state index in [0.29, 0.717) is 43.5 Å². The lowest BCUT2D eigenvalue weighted by atomic mass is 10.3. The summed E-state index contributed by atoms with van der Waals surface area (Å²) in [4.78, 5) is 13.9. The molecule has 0 spiro atoms. The minimum Gasteiger partial charge on any atom is -0.493 e. The fourth-order valence-electron chi connectivity index (χ4n) is 2.42. The van der Waals surface area contributed by atoms with Crippen LogP contribution in [0.25, 0.3) is 0 Å². The lowest BCUT2D eigenvalue weighted by molar-refractivity contribution is -0.136. The summed E-state index contributed by atoms with van der Waals surface area (Å²) < 4.78 is 17.7. The first-order chi connectivity index (χ1) is 11.8. The Morgan fingerprint density at radius 3 is 2.75 bits per heavy atom. The van der Waals surface area contributed by atoms with Gasteiger partial charge in [0.2, 0.25) is 5.91 Å². The number of amides is 1. The van der Waals surface area contributed by atoms with Crippen LogP contribution in [-0.4, -0.2) is 59.2 Å². The Kier molecular flexibility index (Phi) is 5.27. The molecule has 0 aliphatic carbocycles. The lowest BCUT2D eigenvalue weighted by Gasteiger charge is -2.26. The number of nitrogens with zero attached hydrogens (tertiary/aromatic N) is 4. The van der Waals surface area contributed by atoms with E-state index in [0.717, 1.165) is 0 Å². The Balaban J connectivity index is 1.54. The number of carbonyl (C=O) groups is 1. The van der Waals surface area contributed by atoms with Crippen molar-refractivity contribution in [2.75, 3.05) is 33.4 Å². The van der Waals surface area contributed by atoms with Crippen LogP contribution in [0.4, 0.5) is 0 Å². The molecule has 0 saturated carbocycles. The van der Waals surface area contributed by atoms with E-state index < -0.39 is 0 Å². The van der Waals surface area contributed by atoms with Crippen LogP contribution in [0.15, 0.2) is 30.5 Å². The summed E-state index contributed by atoms with van der Waals surface area (Å²) in [6.07, 6.45) is 1.72. The van der Waals surface area contributed by atoms with Crippen molar-refractivity contribution >= 4 is 5.91 Å². The molecule has 1 saturated heterocycles. The molecule has 1 aromatic carbocycles. The van der Waals surface area contributed by atoms with E-state index >= 15 is 0 Å². The van der Waals surface area contributed by atoms with Crippen molar-refractivity contribution in [2.45, 2.75) is 13.2 Å². The molecule has 2 heterocycles. The highest BCUT2D eigenvalue weighted by Gasteiger charge is 2.17. The Labute approximate surface area is 139 Å². The summed E-state index contributed by atoms with van der Waals surface area (Å²) in [6.45, 7) is 2.84. The normalized spacial score (nSPS) is 14.5. The van der Waals surface area contributed by atoms with E-state index in [4.69, 9.17) is 14.2 Å². The molecule has 0 bridgehead atoms. The standard InChI is InChI=1S/C16H20N4O4/c1-22-14-4-2-3-5-15(14)24-12-13-10-20(18-17-13)11-16(21)19-6-8-23-9-7-19/h2-5,10H,6-9,11-12H2,1H3. The number of rotatable bonds is 6. The van der Waals surface area contributed by atoms with E-state index in [9.17, 15) is 4.79 Å². The molecule has 3 rings (SSSR count). The van der Waals surface area contributed by atoms with Gasteiger partial charge in [-0.25, -0.2) is 4.68 Å². The molecule has 8 nitrogen and oxygen atoms in total. The topological polar surface area (TPSA) is 78.7 Å². The van der Waals surface area contributed by atoms with E-state index in [-0.39, 0.29) is 19.1 Å². The minimum absolute atomic E-state index is 0.0143. The number of methoxy groups -OCH3 is 1. The molecule has 0 atom stereocenters. The van der Waals surface area contributed by atoms with Crippen molar-refractivity contribution in [2.24, 2.45) is 0 Å². The third kappa shape index (κ3) is 4.02. The van der Waals surface area contributed by atoms with Gasteiger partial charge in [0.25, 0.3) is 0 Å². The zero-order valence-electron chi connectivity index (χ0n) is 13.6. The van der Waals surface area contributed by atoms with Gasteiger partial charge in [-0.15, -0.1) is 5.10 Å². The van der Waals surface area contributed by atoms with E-state index in [1.54, 1.807) is 18.2 Å². The predicted octanol–water partition coefficient (Wildman–Crippen LogP) is 0.724. The van der Waals surface area contributed by atoms with Gasteiger partial charge in [0.05, 0.1) is 26.5 Å². The predicted molar refractivity (Wildman–Crippen MR) is 84.7 cm³/mol. The van der Waals surface area contributed by atoms with Crippen LogP contribution in [0, 0.1) is 0 Å². The van der Waals surface area contributed by atoms with Crippen molar-refractivity contribution in [1.82, 2.24) is 19.9 Å². The first-order valence-electron chi connectivity index (χ1n) is 7.76. The van der Waals surface area contributed by atoms with Crippen LogP contribution < -0.4 is 9.47 Å². The second-order valence-electron chi connectivity index (χ2n) is 5.34. The molecule has 128 valence electrons. The molecule has 2 aromatic rings. The van der Waals surface area contributed by atoms with Crippen LogP contribution in [0.3, 0.4) is 0 Å². The van der Waals surface area contributed by atoms with Crippen LogP contribution in [0.1, 0.15) is 5.69 Å². The Morgan fingerprint density at radius 1 is 1.25 bits per heavy atom. The number of carbonyl (C=O) groups excluding carboxylic acids is 1. The van der Waals surface area contributed by atoms with Crippen molar-refractivity contribution < 1.29 is 19.0 Å². The largest absolute Gasteiger partial charge is 0.493 e. The molecular weight excluding hydrogens is 312 g/mol. The number of aromatic nitrogens is 3. The summed E-state index contributed by atoms with van der Waals surface area (Å²) in [5.74, 6) is 1.31. The molecule has 0 unspecified atom stereocenters. The fourth-order valence-corrected chi connectivity index (χ4v) is 2.42. The highest BCUT2D eigenvalue weighted by atomic mass is 16.5. The summed E-state index contributed by atoms with van der Waals surface area (Å²) >= 11 is 0. The monoisotopic (exact) mass is 332 g/mol. The first-order valence-corrected chi connectivity index (χ1v) is 7.76. The number of para-hydroxylation sites is 2. The molecular formula is C16H20N4O4. The van der Waals surface area contributed by atoms with Crippen molar-refractivity contribution in [3.63, 3.8) is 0 Å². The number of benzene rings is 1. The molecule has 0 radical (unpaired) electrons. The van der Waals surface area contributed by atoms with Gasteiger partial charge in [-0.1, -0.05) is 17.3 Å². The Bertz CT molecular complexity index is 682. The van der Waals surface area contributed by atoms with Gasteiger partial charge in [-0.3, -0.25) is 4.79 Å². The number of ether oxygens (including phenoxy) is 3. The third-order valence-corrected chi connectivity index (χ3v) is 3.69. The van der Waals surface area contributed by atoms with E-state index in [2.05, 4.69) is 10.3 Å². The second kappa shape index (κ2) is 7.78. The molecule has 1 aliphatic rings. The molecule has 0 N–H and O–H groups in total. The Hall–Kier alpha value is -2.61. The minimum atomic E-state index is 0.0143. The average Bonchev–Trinajstić information content (AvgIpc) is 3.08. The number of morpholine rings is 1. The highest BCUT2D eigenvalue weighted by Crippen LogP contribution is 2.26. The van der Waals surface area contributed by atoms with Gasteiger partial charge in [0, 0.05) is 13.1 Å². The summed E-state index contributed by atoms with van der Waals surface area (Å²) in [6, 6.07) is 7.40. The Morgan fingerprint density at radius 2 is 2.00 bits per heavy atom. The van der Waals surface area contributed by atoms with E-state index in [1.165, 1.54) is 4.68 Å². The molecule has 1 aromatic heterocycles. The molecule has 8 heteroatoms. The highest BCUT2D eigenvalue weighted by molar-refractivity contribution is 5.75. The second-order valence-corrected chi connectivity index (χ2v) is 5.34. The average molecular weight is 332 g/mol. The summed E-state index contributed by atoms with van der Waals surface area (Å²) in [5, 5.41) is 8.02. The van der Waals surface area contributed by atoms with Crippen LogP contribution >= 0.6 is 0 Å². The quantitative estimate of drug-likeness (QED) is 0.776. The smallest absolute Gasteiger partial charge is 0.244 e. The van der Waals surface area contributed by atoms with Gasteiger partial charge in [0.1, 0.15) is 18.8 Å². The maximum Gasteiger partial charge on any atom is 0.244 e. The van der Waals surface area contributed by atoms with Gasteiger partial charge in [-0.05, 0) is 12.1 Å². The summed E-state index contributed by atoms with van der Waals surface area (Å²) in [5.41, 5.74) is 0.649. The zero-order valence-corrected chi connectivity index (χ0v) is 13.6. The number of hydrogen-bond donors (Lipinski definition) is 0. The van der Waals surface area contributed by atoms with Crippen LogP contribution in [-0.2, 0) is 22.7 Å².